The SMILES string of the molecule is Cc1ccccc1-n1c(-c2ccc(Cl)cc2)cc(C(=O)N2CCN(c3cccc(C(F)(F)F)c3)CC2)c1C. The number of carbonyl (C=O) groups is 1. The van der Waals surface area contributed by atoms with E-state index in [1.54, 1.807) is 11.0 Å². The second kappa shape index (κ2) is 10.2. The van der Waals surface area contributed by atoms with Gasteiger partial charge in [-0.2, -0.15) is 13.2 Å². The molecule has 1 aliphatic rings. The molecule has 4 aromatic rings. The molecule has 196 valence electrons. The van der Waals surface area contributed by atoms with Gasteiger partial charge in [0.1, 0.15) is 0 Å². The predicted molar refractivity (Wildman–Crippen MR) is 145 cm³/mol. The molecule has 3 aromatic carbocycles. The Morgan fingerprint density at radius 3 is 2.18 bits per heavy atom. The maximum Gasteiger partial charge on any atom is 0.416 e. The maximum atomic E-state index is 13.7. The quantitative estimate of drug-likeness (QED) is 0.271. The van der Waals surface area contributed by atoms with Gasteiger partial charge < -0.3 is 14.4 Å². The number of amides is 1. The molecule has 1 aliphatic heterocycles. The van der Waals surface area contributed by atoms with Crippen LogP contribution < -0.4 is 4.90 Å². The predicted octanol–water partition coefficient (Wildman–Crippen LogP) is 7.40. The molecule has 38 heavy (non-hydrogen) atoms. The number of anilines is 1. The molecular weight excluding hydrogens is 511 g/mol. The first kappa shape index (κ1) is 25.9. The number of nitrogens with zero attached hydrogens (tertiary/aromatic N) is 3. The van der Waals surface area contributed by atoms with Crippen LogP contribution in [0.4, 0.5) is 18.9 Å². The third-order valence-electron chi connectivity index (χ3n) is 7.08. The van der Waals surface area contributed by atoms with Gasteiger partial charge in [0, 0.05) is 48.3 Å². The van der Waals surface area contributed by atoms with E-state index < -0.39 is 11.7 Å². The fraction of sp³-hybridized carbons (Fsp3) is 0.233. The lowest BCUT2D eigenvalue weighted by Crippen LogP contribution is -2.49. The van der Waals surface area contributed by atoms with E-state index in [0.29, 0.717) is 42.5 Å². The van der Waals surface area contributed by atoms with Crippen molar-refractivity contribution in [1.82, 2.24) is 9.47 Å². The van der Waals surface area contributed by atoms with E-state index in [0.717, 1.165) is 34.3 Å². The molecule has 4 nitrogen and oxygen atoms in total. The zero-order valence-electron chi connectivity index (χ0n) is 21.1. The van der Waals surface area contributed by atoms with Crippen LogP contribution in [0.5, 0.6) is 0 Å². The molecule has 8 heteroatoms. The molecule has 1 amide bonds. The molecule has 1 fully saturated rings. The van der Waals surface area contributed by atoms with Crippen molar-refractivity contribution in [2.24, 2.45) is 0 Å². The lowest BCUT2D eigenvalue weighted by atomic mass is 10.1. The van der Waals surface area contributed by atoms with Crippen molar-refractivity contribution in [1.29, 1.82) is 0 Å². The van der Waals surface area contributed by atoms with Gasteiger partial charge in [0.2, 0.25) is 0 Å². The van der Waals surface area contributed by atoms with Crippen LogP contribution in [0.25, 0.3) is 16.9 Å². The van der Waals surface area contributed by atoms with Crippen molar-refractivity contribution in [3.8, 4) is 16.9 Å². The van der Waals surface area contributed by atoms with Gasteiger partial charge in [0.05, 0.1) is 16.8 Å². The van der Waals surface area contributed by atoms with Gasteiger partial charge in [-0.05, 0) is 67.4 Å². The summed E-state index contributed by atoms with van der Waals surface area (Å²) in [6.45, 7) is 5.72. The largest absolute Gasteiger partial charge is 0.416 e. The number of hydrogen-bond acceptors (Lipinski definition) is 2. The van der Waals surface area contributed by atoms with Crippen LogP contribution in [-0.2, 0) is 6.18 Å². The van der Waals surface area contributed by atoms with Crippen LogP contribution in [0.2, 0.25) is 5.02 Å². The molecule has 0 unspecified atom stereocenters. The minimum atomic E-state index is -4.39. The van der Waals surface area contributed by atoms with Gasteiger partial charge in [-0.3, -0.25) is 4.79 Å². The van der Waals surface area contributed by atoms with Crippen molar-refractivity contribution in [3.05, 3.63) is 106 Å². The molecule has 2 heterocycles. The van der Waals surface area contributed by atoms with Gasteiger partial charge >= 0.3 is 6.18 Å². The van der Waals surface area contributed by atoms with Crippen LogP contribution >= 0.6 is 11.6 Å². The summed E-state index contributed by atoms with van der Waals surface area (Å²) in [5.74, 6) is -0.0891. The molecule has 0 bridgehead atoms. The van der Waals surface area contributed by atoms with Crippen molar-refractivity contribution >= 4 is 23.2 Å². The van der Waals surface area contributed by atoms with E-state index in [1.165, 1.54) is 12.1 Å². The van der Waals surface area contributed by atoms with Gasteiger partial charge in [-0.25, -0.2) is 0 Å². The Morgan fingerprint density at radius 2 is 1.53 bits per heavy atom. The standard InChI is InChI=1S/C30H27ClF3N3O/c1-20-6-3-4-9-27(20)37-21(2)26(19-28(37)22-10-12-24(31)13-11-22)29(38)36-16-14-35(15-17-36)25-8-5-7-23(18-25)30(32,33)34/h3-13,18-19H,14-17H2,1-2H3. The molecular formula is C30H27ClF3N3O. The summed E-state index contributed by atoms with van der Waals surface area (Å²) >= 11 is 6.13. The molecule has 0 aliphatic carbocycles. The first-order valence-electron chi connectivity index (χ1n) is 12.4. The average Bonchev–Trinajstić information content (AvgIpc) is 3.25. The highest BCUT2D eigenvalue weighted by molar-refractivity contribution is 6.30. The summed E-state index contributed by atoms with van der Waals surface area (Å²) in [6, 6.07) is 22.8. The van der Waals surface area contributed by atoms with Crippen molar-refractivity contribution in [2.45, 2.75) is 20.0 Å². The van der Waals surface area contributed by atoms with Gasteiger partial charge in [-0.1, -0.05) is 48.0 Å². The highest BCUT2D eigenvalue weighted by Gasteiger charge is 2.32. The van der Waals surface area contributed by atoms with Gasteiger partial charge in [0.25, 0.3) is 5.91 Å². The van der Waals surface area contributed by atoms with E-state index >= 15 is 0 Å². The third-order valence-corrected chi connectivity index (χ3v) is 7.33. The van der Waals surface area contributed by atoms with Gasteiger partial charge in [0.15, 0.2) is 0 Å². The number of alkyl halides is 3. The first-order valence-corrected chi connectivity index (χ1v) is 12.8. The van der Waals surface area contributed by atoms with Crippen LogP contribution in [0.3, 0.4) is 0 Å². The number of piperazine rings is 1. The fourth-order valence-electron chi connectivity index (χ4n) is 5.00. The Hall–Kier alpha value is -3.71. The zero-order chi connectivity index (χ0) is 27.0. The van der Waals surface area contributed by atoms with E-state index in [1.807, 2.05) is 73.3 Å². The Balaban J connectivity index is 1.43. The topological polar surface area (TPSA) is 28.5 Å². The molecule has 5 rings (SSSR count). The minimum absolute atomic E-state index is 0.0891. The number of aryl methyl sites for hydroxylation is 1. The zero-order valence-corrected chi connectivity index (χ0v) is 21.9. The Morgan fingerprint density at radius 1 is 0.842 bits per heavy atom. The van der Waals surface area contributed by atoms with Crippen LogP contribution in [0.15, 0.2) is 78.9 Å². The van der Waals surface area contributed by atoms with Crippen LogP contribution in [-0.4, -0.2) is 41.6 Å². The normalized spacial score (nSPS) is 14.2. The number of benzene rings is 3. The first-order chi connectivity index (χ1) is 18.1. The molecule has 0 saturated carbocycles. The number of carbonyl (C=O) groups excluding carboxylic acids is 1. The van der Waals surface area contributed by atoms with Gasteiger partial charge in [-0.15, -0.1) is 0 Å². The summed E-state index contributed by atoms with van der Waals surface area (Å²) in [5.41, 5.74) is 5.17. The van der Waals surface area contributed by atoms with E-state index in [4.69, 9.17) is 11.6 Å². The lowest BCUT2D eigenvalue weighted by Gasteiger charge is -2.36. The highest BCUT2D eigenvalue weighted by atomic mass is 35.5. The maximum absolute atomic E-state index is 13.7. The summed E-state index contributed by atoms with van der Waals surface area (Å²) in [7, 11) is 0. The summed E-state index contributed by atoms with van der Waals surface area (Å²) in [5, 5.41) is 0.634. The van der Waals surface area contributed by atoms with Crippen molar-refractivity contribution in [3.63, 3.8) is 0 Å². The summed E-state index contributed by atoms with van der Waals surface area (Å²) in [4.78, 5) is 17.4. The van der Waals surface area contributed by atoms with E-state index in [-0.39, 0.29) is 5.91 Å². The summed E-state index contributed by atoms with van der Waals surface area (Å²) < 4.78 is 41.6. The van der Waals surface area contributed by atoms with Crippen LogP contribution in [0, 0.1) is 13.8 Å². The molecule has 0 spiro atoms. The Bertz CT molecular complexity index is 1470. The molecule has 1 saturated heterocycles. The Labute approximate surface area is 224 Å². The fourth-order valence-corrected chi connectivity index (χ4v) is 5.12. The monoisotopic (exact) mass is 537 g/mol. The van der Waals surface area contributed by atoms with Crippen molar-refractivity contribution in [2.75, 3.05) is 31.1 Å². The Kier molecular flexibility index (Phi) is 6.97. The number of para-hydroxylation sites is 1. The van der Waals surface area contributed by atoms with Crippen LogP contribution in [0.1, 0.15) is 27.2 Å². The number of hydrogen-bond donors (Lipinski definition) is 0. The van der Waals surface area contributed by atoms with E-state index in [9.17, 15) is 18.0 Å². The smallest absolute Gasteiger partial charge is 0.368 e. The molecule has 1 aromatic heterocycles. The third kappa shape index (κ3) is 5.03. The number of aromatic nitrogens is 1. The van der Waals surface area contributed by atoms with Crippen molar-refractivity contribution < 1.29 is 18.0 Å². The highest BCUT2D eigenvalue weighted by Crippen LogP contribution is 2.34. The number of rotatable bonds is 4. The summed E-state index contributed by atoms with van der Waals surface area (Å²) in [6.07, 6.45) is -4.39. The van der Waals surface area contributed by atoms with E-state index in [2.05, 4.69) is 4.57 Å². The molecule has 0 N–H and O–H groups in total. The molecule has 0 radical (unpaired) electrons. The second-order valence-corrected chi connectivity index (χ2v) is 9.92. The lowest BCUT2D eigenvalue weighted by molar-refractivity contribution is -0.137. The molecule has 0 atom stereocenters. The average molecular weight is 538 g/mol. The second-order valence-electron chi connectivity index (χ2n) is 9.48. The number of halogens is 4. The minimum Gasteiger partial charge on any atom is -0.368 e.